The summed E-state index contributed by atoms with van der Waals surface area (Å²) in [6.45, 7) is 0.420. The Morgan fingerprint density at radius 2 is 1.90 bits per heavy atom. The molecule has 0 bridgehead atoms. The van der Waals surface area contributed by atoms with Crippen molar-refractivity contribution < 1.29 is 4.79 Å². The molecule has 0 aliphatic rings. The number of halogens is 1. The van der Waals surface area contributed by atoms with Gasteiger partial charge in [0, 0.05) is 30.5 Å². The van der Waals surface area contributed by atoms with Gasteiger partial charge in [-0.05, 0) is 17.0 Å². The maximum Gasteiger partial charge on any atom is 0.253 e. The summed E-state index contributed by atoms with van der Waals surface area (Å²) in [4.78, 5) is 20.4. The van der Waals surface area contributed by atoms with Crippen molar-refractivity contribution in [2.75, 3.05) is 0 Å². The van der Waals surface area contributed by atoms with E-state index in [1.807, 2.05) is 36.4 Å². The van der Waals surface area contributed by atoms with Gasteiger partial charge in [0.1, 0.15) is 5.15 Å². The van der Waals surface area contributed by atoms with Gasteiger partial charge in [-0.1, -0.05) is 41.9 Å². The molecule has 0 spiro atoms. The molecule has 2 aromatic heterocycles. The molecule has 5 heteroatoms. The first-order chi connectivity index (χ1) is 10.3. The van der Waals surface area contributed by atoms with Crippen molar-refractivity contribution in [2.45, 2.75) is 6.54 Å². The second-order valence-corrected chi connectivity index (χ2v) is 4.91. The largest absolute Gasteiger partial charge is 0.348 e. The number of carbonyl (C=O) groups is 1. The summed E-state index contributed by atoms with van der Waals surface area (Å²) < 4.78 is 0. The van der Waals surface area contributed by atoms with Crippen molar-refractivity contribution in [3.63, 3.8) is 0 Å². The van der Waals surface area contributed by atoms with E-state index in [-0.39, 0.29) is 5.91 Å². The monoisotopic (exact) mass is 297 g/mol. The van der Waals surface area contributed by atoms with Gasteiger partial charge in [-0.15, -0.1) is 0 Å². The number of pyridine rings is 2. The second-order valence-electron chi connectivity index (χ2n) is 4.55. The Bertz CT molecular complexity index is 790. The lowest BCUT2D eigenvalue weighted by Crippen LogP contribution is -2.23. The topological polar surface area (TPSA) is 54.9 Å². The molecule has 0 fully saturated rings. The minimum absolute atomic E-state index is 0.181. The normalized spacial score (nSPS) is 10.5. The number of fused-ring (bicyclic) bond motifs is 1. The number of benzene rings is 1. The summed E-state index contributed by atoms with van der Waals surface area (Å²) >= 11 is 6.06. The number of nitrogens with zero attached hydrogens (tertiary/aromatic N) is 2. The van der Waals surface area contributed by atoms with Crippen LogP contribution in [0.2, 0.25) is 5.15 Å². The van der Waals surface area contributed by atoms with Crippen molar-refractivity contribution in [1.82, 2.24) is 15.3 Å². The van der Waals surface area contributed by atoms with Crippen LogP contribution in [0.4, 0.5) is 0 Å². The quantitative estimate of drug-likeness (QED) is 0.755. The van der Waals surface area contributed by atoms with Crippen LogP contribution in [0.3, 0.4) is 0 Å². The molecule has 0 saturated carbocycles. The van der Waals surface area contributed by atoms with E-state index in [1.54, 1.807) is 12.4 Å². The molecule has 1 N–H and O–H groups in total. The zero-order chi connectivity index (χ0) is 14.7. The Morgan fingerprint density at radius 3 is 2.67 bits per heavy atom. The first-order valence-corrected chi connectivity index (χ1v) is 6.84. The van der Waals surface area contributed by atoms with Gasteiger partial charge in [-0.3, -0.25) is 9.78 Å². The van der Waals surface area contributed by atoms with E-state index in [2.05, 4.69) is 15.3 Å². The molecule has 21 heavy (non-hydrogen) atoms. The number of amides is 1. The van der Waals surface area contributed by atoms with Crippen LogP contribution >= 0.6 is 11.6 Å². The van der Waals surface area contributed by atoms with Gasteiger partial charge in [-0.2, -0.15) is 0 Å². The molecule has 2 heterocycles. The Kier molecular flexibility index (Phi) is 3.79. The minimum atomic E-state index is -0.181. The van der Waals surface area contributed by atoms with E-state index in [0.717, 1.165) is 16.3 Å². The van der Waals surface area contributed by atoms with Crippen LogP contribution in [0, 0.1) is 0 Å². The van der Waals surface area contributed by atoms with E-state index in [4.69, 9.17) is 11.6 Å². The van der Waals surface area contributed by atoms with E-state index >= 15 is 0 Å². The zero-order valence-corrected chi connectivity index (χ0v) is 11.8. The third-order valence-electron chi connectivity index (χ3n) is 3.17. The Morgan fingerprint density at radius 1 is 1.10 bits per heavy atom. The van der Waals surface area contributed by atoms with E-state index < -0.39 is 0 Å². The summed E-state index contributed by atoms with van der Waals surface area (Å²) in [6, 6.07) is 11.2. The number of carbonyl (C=O) groups excluding carboxylic acids is 1. The molecule has 0 unspecified atom stereocenters. The summed E-state index contributed by atoms with van der Waals surface area (Å²) in [5.41, 5.74) is 1.45. The fourth-order valence-corrected chi connectivity index (χ4v) is 2.33. The fraction of sp³-hybridized carbons (Fsp3) is 0.0625. The highest BCUT2D eigenvalue weighted by molar-refractivity contribution is 6.34. The van der Waals surface area contributed by atoms with E-state index in [0.29, 0.717) is 17.3 Å². The molecule has 0 aliphatic heterocycles. The molecule has 4 nitrogen and oxygen atoms in total. The predicted molar refractivity (Wildman–Crippen MR) is 82.2 cm³/mol. The Balaban J connectivity index is 1.87. The van der Waals surface area contributed by atoms with Gasteiger partial charge in [-0.25, -0.2) is 4.98 Å². The number of nitrogens with one attached hydrogen (secondary N) is 1. The lowest BCUT2D eigenvalue weighted by Gasteiger charge is -2.08. The van der Waals surface area contributed by atoms with Crippen LogP contribution in [-0.2, 0) is 6.54 Å². The minimum Gasteiger partial charge on any atom is -0.348 e. The SMILES string of the molecule is O=C(NCc1cccnc1)c1cnc(Cl)c2ccccc12. The van der Waals surface area contributed by atoms with Gasteiger partial charge < -0.3 is 5.32 Å². The van der Waals surface area contributed by atoms with E-state index in [1.165, 1.54) is 6.20 Å². The zero-order valence-electron chi connectivity index (χ0n) is 11.1. The van der Waals surface area contributed by atoms with Crippen molar-refractivity contribution in [2.24, 2.45) is 0 Å². The second kappa shape index (κ2) is 5.89. The van der Waals surface area contributed by atoms with Crippen molar-refractivity contribution in [3.8, 4) is 0 Å². The predicted octanol–water partition coefficient (Wildman–Crippen LogP) is 3.21. The lowest BCUT2D eigenvalue weighted by molar-refractivity contribution is 0.0952. The fourth-order valence-electron chi connectivity index (χ4n) is 2.12. The molecular weight excluding hydrogens is 286 g/mol. The van der Waals surface area contributed by atoms with E-state index in [9.17, 15) is 4.79 Å². The first-order valence-electron chi connectivity index (χ1n) is 6.46. The molecule has 1 aromatic carbocycles. The Hall–Kier alpha value is -2.46. The van der Waals surface area contributed by atoms with Crippen molar-refractivity contribution >= 4 is 28.3 Å². The summed E-state index contributed by atoms with van der Waals surface area (Å²) in [5, 5.41) is 4.83. The van der Waals surface area contributed by atoms with Crippen LogP contribution in [0.5, 0.6) is 0 Å². The molecule has 0 radical (unpaired) electrons. The number of rotatable bonds is 3. The number of hydrogen-bond acceptors (Lipinski definition) is 3. The van der Waals surface area contributed by atoms with Gasteiger partial charge in [0.15, 0.2) is 0 Å². The highest BCUT2D eigenvalue weighted by Gasteiger charge is 2.12. The molecule has 0 saturated heterocycles. The average molecular weight is 298 g/mol. The first kappa shape index (κ1) is 13.5. The molecular formula is C16H12ClN3O. The van der Waals surface area contributed by atoms with Crippen LogP contribution in [0.25, 0.3) is 10.8 Å². The van der Waals surface area contributed by atoms with Crippen LogP contribution < -0.4 is 5.32 Å². The van der Waals surface area contributed by atoms with Gasteiger partial charge >= 0.3 is 0 Å². The molecule has 104 valence electrons. The number of aromatic nitrogens is 2. The van der Waals surface area contributed by atoms with Crippen molar-refractivity contribution in [3.05, 3.63) is 71.3 Å². The van der Waals surface area contributed by atoms with Gasteiger partial charge in [0.25, 0.3) is 5.91 Å². The molecule has 0 atom stereocenters. The highest BCUT2D eigenvalue weighted by atomic mass is 35.5. The van der Waals surface area contributed by atoms with Gasteiger partial charge in [0.2, 0.25) is 0 Å². The molecule has 3 aromatic rings. The maximum atomic E-state index is 12.3. The summed E-state index contributed by atoms with van der Waals surface area (Å²) in [5.74, 6) is -0.181. The lowest BCUT2D eigenvalue weighted by atomic mass is 10.1. The third-order valence-corrected chi connectivity index (χ3v) is 3.47. The summed E-state index contributed by atoms with van der Waals surface area (Å²) in [6.07, 6.45) is 4.92. The van der Waals surface area contributed by atoms with Crippen LogP contribution in [0.1, 0.15) is 15.9 Å². The molecule has 3 rings (SSSR count). The van der Waals surface area contributed by atoms with Crippen LogP contribution in [0.15, 0.2) is 55.0 Å². The van der Waals surface area contributed by atoms with Gasteiger partial charge in [0.05, 0.1) is 5.56 Å². The molecule has 0 aliphatic carbocycles. The standard InChI is InChI=1S/C16H12ClN3O/c17-15-13-6-2-1-5-12(13)14(10-19-15)16(21)20-9-11-4-3-7-18-8-11/h1-8,10H,9H2,(H,20,21). The van der Waals surface area contributed by atoms with Crippen molar-refractivity contribution in [1.29, 1.82) is 0 Å². The maximum absolute atomic E-state index is 12.3. The number of hydrogen-bond donors (Lipinski definition) is 1. The molecule has 1 amide bonds. The smallest absolute Gasteiger partial charge is 0.253 e. The average Bonchev–Trinajstić information content (AvgIpc) is 2.54. The third kappa shape index (κ3) is 2.85. The van der Waals surface area contributed by atoms with Crippen LogP contribution in [-0.4, -0.2) is 15.9 Å². The highest BCUT2D eigenvalue weighted by Crippen LogP contribution is 2.24. The summed E-state index contributed by atoms with van der Waals surface area (Å²) in [7, 11) is 0. The Labute approximate surface area is 126 Å².